The summed E-state index contributed by atoms with van der Waals surface area (Å²) >= 11 is 8.83. The third kappa shape index (κ3) is 1.77. The molecule has 0 fully saturated rings. The van der Waals surface area contributed by atoms with Crippen LogP contribution in [0.25, 0.3) is 10.9 Å². The van der Waals surface area contributed by atoms with Crippen molar-refractivity contribution in [1.29, 1.82) is 0 Å². The Kier molecular flexibility index (Phi) is 2.75. The molecule has 15 heavy (non-hydrogen) atoms. The maximum atomic E-state index is 13.7. The van der Waals surface area contributed by atoms with Crippen molar-refractivity contribution in [2.45, 2.75) is 0 Å². The first-order valence-electron chi connectivity index (χ1n) is 3.97. The highest BCUT2D eigenvalue weighted by Crippen LogP contribution is 2.31. The van der Waals surface area contributed by atoms with E-state index >= 15 is 0 Å². The van der Waals surface area contributed by atoms with E-state index in [2.05, 4.69) is 25.9 Å². The SMILES string of the molecule is COc1ncc2cc(Cl)c(Br)c(F)c2n1. The molecule has 0 atom stereocenters. The van der Waals surface area contributed by atoms with Gasteiger partial charge in [0.15, 0.2) is 5.82 Å². The van der Waals surface area contributed by atoms with Gasteiger partial charge >= 0.3 is 6.01 Å². The highest BCUT2D eigenvalue weighted by molar-refractivity contribution is 9.10. The number of ether oxygens (including phenoxy) is 1. The van der Waals surface area contributed by atoms with Crippen molar-refractivity contribution in [3.63, 3.8) is 0 Å². The number of nitrogens with zero attached hydrogens (tertiary/aromatic N) is 2. The van der Waals surface area contributed by atoms with Crippen LogP contribution in [0.1, 0.15) is 0 Å². The van der Waals surface area contributed by atoms with Crippen molar-refractivity contribution >= 4 is 38.4 Å². The fourth-order valence-electron chi connectivity index (χ4n) is 1.16. The van der Waals surface area contributed by atoms with E-state index in [1.807, 2.05) is 0 Å². The summed E-state index contributed by atoms with van der Waals surface area (Å²) in [6, 6.07) is 1.71. The highest BCUT2D eigenvalue weighted by Gasteiger charge is 2.12. The molecule has 0 unspecified atom stereocenters. The van der Waals surface area contributed by atoms with Crippen LogP contribution in [0.4, 0.5) is 4.39 Å². The van der Waals surface area contributed by atoms with E-state index in [0.717, 1.165) is 0 Å². The summed E-state index contributed by atoms with van der Waals surface area (Å²) in [5, 5.41) is 0.815. The van der Waals surface area contributed by atoms with Gasteiger partial charge in [-0.3, -0.25) is 0 Å². The summed E-state index contributed by atoms with van der Waals surface area (Å²) in [5.74, 6) is -0.516. The van der Waals surface area contributed by atoms with Gasteiger partial charge in [0.2, 0.25) is 0 Å². The van der Waals surface area contributed by atoms with Gasteiger partial charge < -0.3 is 4.74 Å². The second kappa shape index (κ2) is 3.90. The Bertz CT molecular complexity index is 535. The number of rotatable bonds is 1. The maximum absolute atomic E-state index is 13.7. The number of benzene rings is 1. The molecular weight excluding hydrogens is 286 g/mol. The van der Waals surface area contributed by atoms with E-state index in [0.29, 0.717) is 5.39 Å². The van der Waals surface area contributed by atoms with Gasteiger partial charge in [0, 0.05) is 11.6 Å². The highest BCUT2D eigenvalue weighted by atomic mass is 79.9. The molecule has 1 aromatic carbocycles. The fourth-order valence-corrected chi connectivity index (χ4v) is 1.67. The van der Waals surface area contributed by atoms with Gasteiger partial charge in [-0.1, -0.05) is 11.6 Å². The number of methoxy groups -OCH3 is 1. The molecule has 0 saturated carbocycles. The predicted molar refractivity (Wildman–Crippen MR) is 58.8 cm³/mol. The number of hydrogen-bond donors (Lipinski definition) is 0. The van der Waals surface area contributed by atoms with Gasteiger partial charge in [-0.2, -0.15) is 4.98 Å². The molecule has 0 radical (unpaired) electrons. The monoisotopic (exact) mass is 290 g/mol. The molecule has 2 rings (SSSR count). The first kappa shape index (κ1) is 10.6. The number of hydrogen-bond acceptors (Lipinski definition) is 3. The molecule has 6 heteroatoms. The van der Waals surface area contributed by atoms with Crippen LogP contribution in [0, 0.1) is 5.82 Å². The standard InChI is InChI=1S/C9H5BrClFN2O/c1-15-9-13-3-4-2-5(11)6(10)7(12)8(4)14-9/h2-3H,1H3. The van der Waals surface area contributed by atoms with Crippen LogP contribution in [0.3, 0.4) is 0 Å². The van der Waals surface area contributed by atoms with Gasteiger partial charge in [-0.05, 0) is 22.0 Å². The minimum Gasteiger partial charge on any atom is -0.467 e. The molecule has 3 nitrogen and oxygen atoms in total. The Morgan fingerprint density at radius 2 is 2.27 bits per heavy atom. The van der Waals surface area contributed by atoms with Crippen molar-refractivity contribution < 1.29 is 9.13 Å². The Balaban J connectivity index is 2.81. The molecule has 0 bridgehead atoms. The minimum absolute atomic E-state index is 0.121. The van der Waals surface area contributed by atoms with E-state index in [-0.39, 0.29) is 21.0 Å². The van der Waals surface area contributed by atoms with Gasteiger partial charge in [0.1, 0.15) is 5.52 Å². The average Bonchev–Trinajstić information content (AvgIpc) is 2.26. The Labute approximate surface area is 98.4 Å². The second-order valence-corrected chi connectivity index (χ2v) is 3.98. The third-order valence-corrected chi connectivity index (χ3v) is 3.17. The second-order valence-electron chi connectivity index (χ2n) is 2.78. The van der Waals surface area contributed by atoms with Crippen molar-refractivity contribution in [1.82, 2.24) is 9.97 Å². The van der Waals surface area contributed by atoms with Gasteiger partial charge in [0.25, 0.3) is 0 Å². The maximum Gasteiger partial charge on any atom is 0.316 e. The zero-order valence-electron chi connectivity index (χ0n) is 7.59. The van der Waals surface area contributed by atoms with Crippen LogP contribution < -0.4 is 4.74 Å². The molecule has 0 spiro atoms. The van der Waals surface area contributed by atoms with Gasteiger partial charge in [0.05, 0.1) is 16.6 Å². The minimum atomic E-state index is -0.516. The molecule has 78 valence electrons. The summed E-state index contributed by atoms with van der Waals surface area (Å²) < 4.78 is 18.7. The zero-order chi connectivity index (χ0) is 11.0. The zero-order valence-corrected chi connectivity index (χ0v) is 9.93. The van der Waals surface area contributed by atoms with E-state index < -0.39 is 5.82 Å². The van der Waals surface area contributed by atoms with Crippen molar-refractivity contribution in [3.05, 3.63) is 27.6 Å². The lowest BCUT2D eigenvalue weighted by molar-refractivity contribution is 0.381. The lowest BCUT2D eigenvalue weighted by Gasteiger charge is -2.04. The molecule has 1 heterocycles. The Morgan fingerprint density at radius 1 is 1.53 bits per heavy atom. The number of halogens is 3. The van der Waals surface area contributed by atoms with Crippen molar-refractivity contribution in [2.24, 2.45) is 0 Å². The fraction of sp³-hybridized carbons (Fsp3) is 0.111. The Hall–Kier alpha value is -0.940. The van der Waals surface area contributed by atoms with Crippen molar-refractivity contribution in [3.8, 4) is 6.01 Å². The van der Waals surface area contributed by atoms with Gasteiger partial charge in [-0.15, -0.1) is 0 Å². The molecule has 0 aliphatic carbocycles. The normalized spacial score (nSPS) is 10.7. The molecule has 0 aliphatic heterocycles. The number of fused-ring (bicyclic) bond motifs is 1. The molecule has 0 N–H and O–H groups in total. The summed E-state index contributed by atoms with van der Waals surface area (Å²) in [6.07, 6.45) is 1.46. The lowest BCUT2D eigenvalue weighted by Crippen LogP contribution is -1.94. The lowest BCUT2D eigenvalue weighted by atomic mass is 10.2. The Morgan fingerprint density at radius 3 is 2.93 bits per heavy atom. The van der Waals surface area contributed by atoms with Gasteiger partial charge in [-0.25, -0.2) is 9.37 Å². The first-order chi connectivity index (χ1) is 7.13. The average molecular weight is 292 g/mol. The predicted octanol–water partition coefficient (Wildman–Crippen LogP) is 3.19. The van der Waals surface area contributed by atoms with Crippen LogP contribution >= 0.6 is 27.5 Å². The van der Waals surface area contributed by atoms with Crippen LogP contribution in [-0.2, 0) is 0 Å². The third-order valence-electron chi connectivity index (χ3n) is 1.87. The first-order valence-corrected chi connectivity index (χ1v) is 5.15. The number of aromatic nitrogens is 2. The van der Waals surface area contributed by atoms with Crippen molar-refractivity contribution in [2.75, 3.05) is 7.11 Å². The topological polar surface area (TPSA) is 35.0 Å². The molecule has 0 amide bonds. The molecular formula is C9H5BrClFN2O. The van der Waals surface area contributed by atoms with Crippen LogP contribution in [0.2, 0.25) is 5.02 Å². The summed E-state index contributed by atoms with van der Waals surface area (Å²) in [5.41, 5.74) is 0.179. The molecule has 1 aromatic heterocycles. The summed E-state index contributed by atoms with van der Waals surface area (Å²) in [6.45, 7) is 0. The molecule has 0 saturated heterocycles. The van der Waals surface area contributed by atoms with Crippen LogP contribution in [-0.4, -0.2) is 17.1 Å². The smallest absolute Gasteiger partial charge is 0.316 e. The largest absolute Gasteiger partial charge is 0.467 e. The van der Waals surface area contributed by atoms with E-state index in [9.17, 15) is 4.39 Å². The summed E-state index contributed by atoms with van der Waals surface area (Å²) in [7, 11) is 1.42. The summed E-state index contributed by atoms with van der Waals surface area (Å²) in [4.78, 5) is 7.76. The quantitative estimate of drug-likeness (QED) is 0.757. The molecule has 0 aliphatic rings. The van der Waals surface area contributed by atoms with Crippen LogP contribution in [0.15, 0.2) is 16.7 Å². The van der Waals surface area contributed by atoms with Crippen LogP contribution in [0.5, 0.6) is 6.01 Å². The van der Waals surface area contributed by atoms with E-state index in [4.69, 9.17) is 16.3 Å². The van der Waals surface area contributed by atoms with E-state index in [1.54, 1.807) is 6.07 Å². The van der Waals surface area contributed by atoms with E-state index in [1.165, 1.54) is 13.3 Å². The molecule has 2 aromatic rings.